The second-order valence-corrected chi connectivity index (χ2v) is 5.64. The van der Waals surface area contributed by atoms with Crippen LogP contribution in [0, 0.1) is 11.8 Å². The molecule has 0 rings (SSSR count). The third-order valence-electron chi connectivity index (χ3n) is 3.04. The molecule has 1 N–H and O–H groups in total. The number of carboxylic acid groups (broad SMARTS) is 1. The molecule has 0 saturated carbocycles. The van der Waals surface area contributed by atoms with E-state index in [0.717, 1.165) is 23.8 Å². The van der Waals surface area contributed by atoms with Crippen molar-refractivity contribution in [1.82, 2.24) is 0 Å². The number of hydrogen-bond donors (Lipinski definition) is 1. The Morgan fingerprint density at radius 2 is 1.83 bits per heavy atom. The summed E-state index contributed by atoms with van der Waals surface area (Å²) in [6.45, 7) is 8.65. The maximum absolute atomic E-state index is 10.4. The lowest BCUT2D eigenvalue weighted by Crippen LogP contribution is -1.96. The molecular formula is C16H28O2. The zero-order chi connectivity index (χ0) is 14.0. The van der Waals surface area contributed by atoms with Gasteiger partial charge < -0.3 is 5.11 Å². The fourth-order valence-corrected chi connectivity index (χ4v) is 1.91. The molecule has 0 fully saturated rings. The van der Waals surface area contributed by atoms with E-state index in [9.17, 15) is 4.79 Å². The summed E-state index contributed by atoms with van der Waals surface area (Å²) in [6.07, 6.45) is 11.4. The summed E-state index contributed by atoms with van der Waals surface area (Å²) in [5, 5.41) is 8.56. The highest BCUT2D eigenvalue weighted by Crippen LogP contribution is 2.16. The molecule has 2 nitrogen and oxygen atoms in total. The minimum absolute atomic E-state index is 0.761. The Labute approximate surface area is 112 Å². The molecule has 0 radical (unpaired) electrons. The van der Waals surface area contributed by atoms with E-state index < -0.39 is 5.97 Å². The van der Waals surface area contributed by atoms with Gasteiger partial charge in [-0.1, -0.05) is 52.2 Å². The van der Waals surface area contributed by atoms with Crippen molar-refractivity contribution in [2.75, 3.05) is 0 Å². The lowest BCUT2D eigenvalue weighted by Gasteiger charge is -2.10. The van der Waals surface area contributed by atoms with Gasteiger partial charge in [-0.05, 0) is 37.2 Å². The molecule has 104 valence electrons. The first kappa shape index (κ1) is 16.9. The summed E-state index contributed by atoms with van der Waals surface area (Å²) in [4.78, 5) is 10.4. The Morgan fingerprint density at radius 1 is 1.17 bits per heavy atom. The summed E-state index contributed by atoms with van der Waals surface area (Å²) in [5.74, 6) is 0.692. The highest BCUT2D eigenvalue weighted by molar-refractivity contribution is 5.81. The largest absolute Gasteiger partial charge is 0.478 e. The molecule has 2 heteroatoms. The molecule has 0 saturated heterocycles. The van der Waals surface area contributed by atoms with Crippen LogP contribution in [0.1, 0.15) is 59.8 Å². The predicted octanol–water partition coefficient (Wildman–Crippen LogP) is 4.82. The molecule has 0 aromatic heterocycles. The van der Waals surface area contributed by atoms with Crippen molar-refractivity contribution >= 4 is 5.97 Å². The molecule has 1 atom stereocenters. The van der Waals surface area contributed by atoms with Gasteiger partial charge in [0.1, 0.15) is 0 Å². The van der Waals surface area contributed by atoms with E-state index in [1.165, 1.54) is 31.8 Å². The lowest BCUT2D eigenvalue weighted by atomic mass is 9.96. The van der Waals surface area contributed by atoms with Crippen LogP contribution >= 0.6 is 0 Å². The normalized spacial score (nSPS) is 14.4. The Bertz CT molecular complexity index is 287. The smallest absolute Gasteiger partial charge is 0.328 e. The first-order chi connectivity index (χ1) is 8.41. The van der Waals surface area contributed by atoms with Gasteiger partial charge in [-0.25, -0.2) is 4.79 Å². The summed E-state index contributed by atoms with van der Waals surface area (Å²) < 4.78 is 0. The second kappa shape index (κ2) is 9.93. The zero-order valence-corrected chi connectivity index (χ0v) is 12.3. The van der Waals surface area contributed by atoms with Crippen LogP contribution in [-0.2, 0) is 4.79 Å². The summed E-state index contributed by atoms with van der Waals surface area (Å²) in [6, 6.07) is 0. The molecule has 0 aromatic rings. The van der Waals surface area contributed by atoms with Crippen molar-refractivity contribution in [1.29, 1.82) is 0 Å². The molecule has 18 heavy (non-hydrogen) atoms. The van der Waals surface area contributed by atoms with E-state index in [1.54, 1.807) is 0 Å². The fraction of sp³-hybridized carbons (Fsp3) is 0.688. The van der Waals surface area contributed by atoms with Crippen LogP contribution in [-0.4, -0.2) is 11.1 Å². The van der Waals surface area contributed by atoms with Gasteiger partial charge in [0.15, 0.2) is 0 Å². The van der Waals surface area contributed by atoms with Crippen molar-refractivity contribution in [3.05, 3.63) is 23.8 Å². The third kappa shape index (κ3) is 11.4. The Balaban J connectivity index is 3.70. The van der Waals surface area contributed by atoms with Crippen LogP contribution in [0.4, 0.5) is 0 Å². The van der Waals surface area contributed by atoms with Gasteiger partial charge in [0.05, 0.1) is 0 Å². The first-order valence-electron chi connectivity index (χ1n) is 6.99. The van der Waals surface area contributed by atoms with Crippen LogP contribution in [0.2, 0.25) is 0 Å². The maximum Gasteiger partial charge on any atom is 0.328 e. The summed E-state index contributed by atoms with van der Waals surface area (Å²) in [7, 11) is 0. The predicted molar refractivity (Wildman–Crippen MR) is 77.6 cm³/mol. The minimum Gasteiger partial charge on any atom is -0.478 e. The van der Waals surface area contributed by atoms with Gasteiger partial charge in [-0.2, -0.15) is 0 Å². The van der Waals surface area contributed by atoms with Crippen molar-refractivity contribution in [2.45, 2.75) is 59.8 Å². The van der Waals surface area contributed by atoms with Crippen LogP contribution in [0.3, 0.4) is 0 Å². The van der Waals surface area contributed by atoms with Gasteiger partial charge in [-0.15, -0.1) is 0 Å². The van der Waals surface area contributed by atoms with E-state index >= 15 is 0 Å². The molecule has 0 amide bonds. The molecule has 0 bridgehead atoms. The van der Waals surface area contributed by atoms with Crippen LogP contribution in [0.25, 0.3) is 0 Å². The molecule has 0 spiro atoms. The van der Waals surface area contributed by atoms with Gasteiger partial charge in [0.25, 0.3) is 0 Å². The number of carbonyl (C=O) groups is 1. The van der Waals surface area contributed by atoms with Crippen molar-refractivity contribution < 1.29 is 9.90 Å². The molecule has 0 aromatic carbocycles. The van der Waals surface area contributed by atoms with Crippen molar-refractivity contribution in [3.8, 4) is 0 Å². The van der Waals surface area contributed by atoms with E-state index in [2.05, 4.69) is 26.8 Å². The summed E-state index contributed by atoms with van der Waals surface area (Å²) >= 11 is 0. The number of carboxylic acids is 1. The van der Waals surface area contributed by atoms with E-state index in [0.29, 0.717) is 0 Å². The van der Waals surface area contributed by atoms with Crippen LogP contribution in [0.5, 0.6) is 0 Å². The fourth-order valence-electron chi connectivity index (χ4n) is 1.91. The number of allylic oxidation sites excluding steroid dienone is 3. The van der Waals surface area contributed by atoms with Gasteiger partial charge >= 0.3 is 5.97 Å². The van der Waals surface area contributed by atoms with Crippen LogP contribution < -0.4 is 0 Å². The highest BCUT2D eigenvalue weighted by atomic mass is 16.4. The molecular weight excluding hydrogens is 224 g/mol. The average Bonchev–Trinajstić information content (AvgIpc) is 2.23. The van der Waals surface area contributed by atoms with Gasteiger partial charge in [0, 0.05) is 6.08 Å². The standard InChI is InChI=1S/C16H28O2/c1-13(2)8-7-11-14(3)9-5-6-10-15(4)12-16(17)18/h6,10,12-14H,5,7-9,11H2,1-4H3,(H,17,18). The second-order valence-electron chi connectivity index (χ2n) is 5.64. The maximum atomic E-state index is 10.4. The molecule has 1 unspecified atom stereocenters. The van der Waals surface area contributed by atoms with Gasteiger partial charge in [-0.3, -0.25) is 0 Å². The average molecular weight is 252 g/mol. The molecule has 0 aliphatic heterocycles. The van der Waals surface area contributed by atoms with Crippen molar-refractivity contribution in [2.24, 2.45) is 11.8 Å². The Morgan fingerprint density at radius 3 is 2.39 bits per heavy atom. The number of hydrogen-bond acceptors (Lipinski definition) is 1. The first-order valence-corrected chi connectivity index (χ1v) is 6.99. The SMILES string of the molecule is CC(C=CCCC(C)CCCC(C)C)=CC(=O)O. The summed E-state index contributed by atoms with van der Waals surface area (Å²) in [5.41, 5.74) is 0.801. The zero-order valence-electron chi connectivity index (χ0n) is 12.3. The number of rotatable bonds is 9. The lowest BCUT2D eigenvalue weighted by molar-refractivity contribution is -0.131. The number of aliphatic carboxylic acids is 1. The minimum atomic E-state index is -0.876. The Kier molecular flexibility index (Phi) is 9.35. The molecule has 0 heterocycles. The quantitative estimate of drug-likeness (QED) is 0.472. The highest BCUT2D eigenvalue weighted by Gasteiger charge is 2.01. The van der Waals surface area contributed by atoms with Crippen molar-refractivity contribution in [3.63, 3.8) is 0 Å². The molecule has 0 aliphatic rings. The van der Waals surface area contributed by atoms with E-state index in [1.807, 2.05) is 13.0 Å². The van der Waals surface area contributed by atoms with E-state index in [4.69, 9.17) is 5.11 Å². The van der Waals surface area contributed by atoms with E-state index in [-0.39, 0.29) is 0 Å². The van der Waals surface area contributed by atoms with Crippen LogP contribution in [0.15, 0.2) is 23.8 Å². The third-order valence-corrected chi connectivity index (χ3v) is 3.04. The monoisotopic (exact) mass is 252 g/mol. The Hall–Kier alpha value is -1.05. The topological polar surface area (TPSA) is 37.3 Å². The van der Waals surface area contributed by atoms with Gasteiger partial charge in [0.2, 0.25) is 0 Å². The molecule has 0 aliphatic carbocycles.